The predicted molar refractivity (Wildman–Crippen MR) is 37.6 cm³/mol. The number of rotatable bonds is 2. The van der Waals surface area contributed by atoms with Crippen LogP contribution in [0.5, 0.6) is 0 Å². The van der Waals surface area contributed by atoms with E-state index in [4.69, 9.17) is 5.11 Å². The maximum atomic E-state index is 10.9. The summed E-state index contributed by atoms with van der Waals surface area (Å²) in [6.07, 6.45) is 1.53. The lowest BCUT2D eigenvalue weighted by Crippen LogP contribution is -2.26. The fraction of sp³-hybridized carbons (Fsp3) is 0.571. The normalized spacial score (nSPS) is 18.0. The van der Waals surface area contributed by atoms with Gasteiger partial charge in [-0.05, 0) is 6.42 Å². The van der Waals surface area contributed by atoms with E-state index in [0.29, 0.717) is 13.0 Å². The number of carbonyl (C=O) groups excluding carboxylic acids is 1. The molecule has 1 saturated heterocycles. The molecule has 0 radical (unpaired) electrons. The molecule has 10 heavy (non-hydrogen) atoms. The van der Waals surface area contributed by atoms with E-state index in [2.05, 4.69) is 6.58 Å². The second-order valence-corrected chi connectivity index (χ2v) is 2.49. The standard InChI is InChI=1S/C7H11NO2/c1-6(9)5-8-4-2-3-7(8)10/h9H,1-5H2. The van der Waals surface area contributed by atoms with Gasteiger partial charge in [-0.25, -0.2) is 0 Å². The summed E-state index contributed by atoms with van der Waals surface area (Å²) < 4.78 is 0. The zero-order valence-corrected chi connectivity index (χ0v) is 5.84. The van der Waals surface area contributed by atoms with Gasteiger partial charge in [-0.1, -0.05) is 6.58 Å². The number of carbonyl (C=O) groups is 1. The van der Waals surface area contributed by atoms with E-state index in [1.165, 1.54) is 0 Å². The van der Waals surface area contributed by atoms with Crippen LogP contribution in [0.3, 0.4) is 0 Å². The summed E-state index contributed by atoms with van der Waals surface area (Å²) in [6.45, 7) is 4.38. The van der Waals surface area contributed by atoms with Gasteiger partial charge in [-0.3, -0.25) is 4.79 Å². The van der Waals surface area contributed by atoms with Crippen molar-refractivity contribution in [3.05, 3.63) is 12.3 Å². The molecule has 3 nitrogen and oxygen atoms in total. The number of aliphatic hydroxyl groups is 1. The van der Waals surface area contributed by atoms with Gasteiger partial charge in [0.25, 0.3) is 0 Å². The van der Waals surface area contributed by atoms with Crippen molar-refractivity contribution in [3.8, 4) is 0 Å². The third kappa shape index (κ3) is 1.50. The highest BCUT2D eigenvalue weighted by Crippen LogP contribution is 2.09. The van der Waals surface area contributed by atoms with E-state index in [-0.39, 0.29) is 11.7 Å². The average Bonchev–Trinajstić information content (AvgIpc) is 2.15. The predicted octanol–water partition coefficient (Wildman–Crippen LogP) is 0.681. The summed E-state index contributed by atoms with van der Waals surface area (Å²) in [5.74, 6) is 0.186. The van der Waals surface area contributed by atoms with E-state index in [1.807, 2.05) is 0 Å². The van der Waals surface area contributed by atoms with Gasteiger partial charge >= 0.3 is 0 Å². The Morgan fingerprint density at radius 3 is 2.90 bits per heavy atom. The lowest BCUT2D eigenvalue weighted by atomic mass is 10.4. The van der Waals surface area contributed by atoms with Crippen molar-refractivity contribution >= 4 is 5.91 Å². The fourth-order valence-electron chi connectivity index (χ4n) is 1.09. The molecule has 1 aliphatic heterocycles. The lowest BCUT2D eigenvalue weighted by Gasteiger charge is -2.13. The molecule has 1 amide bonds. The molecule has 0 bridgehead atoms. The van der Waals surface area contributed by atoms with E-state index in [9.17, 15) is 4.79 Å². The van der Waals surface area contributed by atoms with Crippen LogP contribution < -0.4 is 0 Å². The Morgan fingerprint density at radius 2 is 2.50 bits per heavy atom. The Kier molecular flexibility index (Phi) is 1.94. The first-order valence-electron chi connectivity index (χ1n) is 3.34. The molecule has 0 aromatic rings. The molecule has 0 aliphatic carbocycles. The zero-order valence-electron chi connectivity index (χ0n) is 5.84. The number of likely N-dealkylation sites (tertiary alicyclic amines) is 1. The van der Waals surface area contributed by atoms with Crippen LogP contribution in [0.25, 0.3) is 0 Å². The number of hydrogen-bond acceptors (Lipinski definition) is 2. The highest BCUT2D eigenvalue weighted by Gasteiger charge is 2.19. The summed E-state index contributed by atoms with van der Waals surface area (Å²) in [7, 11) is 0. The first kappa shape index (κ1) is 7.12. The Labute approximate surface area is 59.9 Å². The van der Waals surface area contributed by atoms with Crippen molar-refractivity contribution in [2.75, 3.05) is 13.1 Å². The molecular formula is C7H11NO2. The number of hydrogen-bond donors (Lipinski definition) is 1. The van der Waals surface area contributed by atoms with Gasteiger partial charge in [0.15, 0.2) is 0 Å². The molecule has 1 N–H and O–H groups in total. The smallest absolute Gasteiger partial charge is 0.223 e. The van der Waals surface area contributed by atoms with Crippen LogP contribution >= 0.6 is 0 Å². The second-order valence-electron chi connectivity index (χ2n) is 2.49. The highest BCUT2D eigenvalue weighted by molar-refractivity contribution is 5.78. The molecule has 0 spiro atoms. The molecule has 0 saturated carbocycles. The van der Waals surface area contributed by atoms with Gasteiger partial charge in [0.2, 0.25) is 5.91 Å². The molecule has 1 heterocycles. The third-order valence-corrected chi connectivity index (χ3v) is 1.54. The molecule has 0 aromatic heterocycles. The molecule has 0 unspecified atom stereocenters. The zero-order chi connectivity index (χ0) is 7.56. The van der Waals surface area contributed by atoms with Crippen molar-refractivity contribution in [1.29, 1.82) is 0 Å². The van der Waals surface area contributed by atoms with Gasteiger partial charge in [-0.15, -0.1) is 0 Å². The molecule has 3 heteroatoms. The molecule has 56 valence electrons. The number of amides is 1. The quantitative estimate of drug-likeness (QED) is 0.574. The molecular weight excluding hydrogens is 130 g/mol. The number of nitrogens with zero attached hydrogens (tertiary/aromatic N) is 1. The Morgan fingerprint density at radius 1 is 1.80 bits per heavy atom. The number of aliphatic hydroxyl groups excluding tert-OH is 1. The van der Waals surface area contributed by atoms with Crippen LogP contribution in [-0.4, -0.2) is 29.0 Å². The minimum absolute atomic E-state index is 0.0650. The minimum Gasteiger partial charge on any atom is -0.511 e. The van der Waals surface area contributed by atoms with E-state index >= 15 is 0 Å². The fourth-order valence-corrected chi connectivity index (χ4v) is 1.09. The molecule has 0 atom stereocenters. The average molecular weight is 141 g/mol. The SMILES string of the molecule is C=C(O)CN1CCCC1=O. The van der Waals surface area contributed by atoms with E-state index in [1.54, 1.807) is 4.90 Å². The molecule has 1 aliphatic rings. The van der Waals surface area contributed by atoms with Crippen molar-refractivity contribution < 1.29 is 9.90 Å². The van der Waals surface area contributed by atoms with Gasteiger partial charge in [-0.2, -0.15) is 0 Å². The monoisotopic (exact) mass is 141 g/mol. The first-order chi connectivity index (χ1) is 4.70. The Bertz CT molecular complexity index is 165. The topological polar surface area (TPSA) is 40.5 Å². The van der Waals surface area contributed by atoms with Crippen LogP contribution in [0.4, 0.5) is 0 Å². The summed E-state index contributed by atoms with van der Waals surface area (Å²) in [5.41, 5.74) is 0. The van der Waals surface area contributed by atoms with Gasteiger partial charge < -0.3 is 10.0 Å². The molecule has 0 aromatic carbocycles. The van der Waals surface area contributed by atoms with E-state index in [0.717, 1.165) is 13.0 Å². The largest absolute Gasteiger partial charge is 0.511 e. The maximum Gasteiger partial charge on any atom is 0.223 e. The summed E-state index contributed by atoms with van der Waals surface area (Å²) in [6, 6.07) is 0. The summed E-state index contributed by atoms with van der Waals surface area (Å²) in [4.78, 5) is 12.5. The Balaban J connectivity index is 2.40. The molecule has 1 rings (SSSR count). The van der Waals surface area contributed by atoms with Crippen LogP contribution in [0.1, 0.15) is 12.8 Å². The molecule has 1 fully saturated rings. The summed E-state index contributed by atoms with van der Waals surface area (Å²) in [5, 5.41) is 8.74. The van der Waals surface area contributed by atoms with Crippen molar-refractivity contribution in [2.24, 2.45) is 0 Å². The highest BCUT2D eigenvalue weighted by atomic mass is 16.3. The van der Waals surface area contributed by atoms with Gasteiger partial charge in [0.05, 0.1) is 6.54 Å². The maximum absolute atomic E-state index is 10.9. The van der Waals surface area contributed by atoms with Gasteiger partial charge in [0, 0.05) is 13.0 Å². The van der Waals surface area contributed by atoms with Gasteiger partial charge in [0.1, 0.15) is 5.76 Å². The van der Waals surface area contributed by atoms with Crippen molar-refractivity contribution in [1.82, 2.24) is 4.90 Å². The van der Waals surface area contributed by atoms with Crippen LogP contribution in [0.2, 0.25) is 0 Å². The third-order valence-electron chi connectivity index (χ3n) is 1.54. The van der Waals surface area contributed by atoms with Crippen LogP contribution in [0, 0.1) is 0 Å². The van der Waals surface area contributed by atoms with Crippen LogP contribution in [0.15, 0.2) is 12.3 Å². The van der Waals surface area contributed by atoms with Crippen LogP contribution in [-0.2, 0) is 4.79 Å². The first-order valence-corrected chi connectivity index (χ1v) is 3.34. The summed E-state index contributed by atoms with van der Waals surface area (Å²) >= 11 is 0. The minimum atomic E-state index is 0.0650. The van der Waals surface area contributed by atoms with Crippen molar-refractivity contribution in [2.45, 2.75) is 12.8 Å². The Hall–Kier alpha value is -0.990. The lowest BCUT2D eigenvalue weighted by molar-refractivity contribution is -0.127. The van der Waals surface area contributed by atoms with Crippen molar-refractivity contribution in [3.63, 3.8) is 0 Å². The van der Waals surface area contributed by atoms with E-state index < -0.39 is 0 Å². The second kappa shape index (κ2) is 2.73.